The monoisotopic (exact) mass is 499 g/mol. The SMILES string of the molecule is CC(C)n1cnc2c(NC3CCN(Cc4ccccc4)CC3)nc(NCc3ccc4c(c3)OCO4)nc21. The second-order valence-electron chi connectivity index (χ2n) is 10.0. The molecule has 0 atom stereocenters. The number of hydrogen-bond acceptors (Lipinski definition) is 8. The quantitative estimate of drug-likeness (QED) is 0.357. The van der Waals surface area contributed by atoms with Gasteiger partial charge in [0.15, 0.2) is 28.5 Å². The predicted octanol–water partition coefficient (Wildman–Crippen LogP) is 4.82. The van der Waals surface area contributed by atoms with Crippen molar-refractivity contribution in [2.24, 2.45) is 0 Å². The topological polar surface area (TPSA) is 89.4 Å². The van der Waals surface area contributed by atoms with Crippen LogP contribution in [0.15, 0.2) is 54.9 Å². The lowest BCUT2D eigenvalue weighted by Gasteiger charge is -2.32. The molecule has 0 unspecified atom stereocenters. The van der Waals surface area contributed by atoms with Crippen molar-refractivity contribution in [1.82, 2.24) is 24.4 Å². The van der Waals surface area contributed by atoms with Gasteiger partial charge in [-0.05, 0) is 49.9 Å². The average Bonchev–Trinajstić information content (AvgIpc) is 3.56. The van der Waals surface area contributed by atoms with Crippen LogP contribution in [-0.4, -0.2) is 50.3 Å². The molecule has 0 bridgehead atoms. The van der Waals surface area contributed by atoms with E-state index in [1.807, 2.05) is 24.5 Å². The normalized spacial score (nSPS) is 16.0. The molecule has 2 aliphatic heterocycles. The van der Waals surface area contributed by atoms with Crippen molar-refractivity contribution in [3.63, 3.8) is 0 Å². The van der Waals surface area contributed by atoms with Gasteiger partial charge in [-0.1, -0.05) is 36.4 Å². The zero-order chi connectivity index (χ0) is 25.2. The molecule has 6 rings (SSSR count). The molecular weight excluding hydrogens is 466 g/mol. The number of rotatable bonds is 8. The minimum absolute atomic E-state index is 0.246. The van der Waals surface area contributed by atoms with Gasteiger partial charge >= 0.3 is 0 Å². The van der Waals surface area contributed by atoms with E-state index in [1.165, 1.54) is 5.56 Å². The van der Waals surface area contributed by atoms with Gasteiger partial charge in [-0.2, -0.15) is 9.97 Å². The van der Waals surface area contributed by atoms with Gasteiger partial charge in [0.25, 0.3) is 0 Å². The minimum atomic E-state index is 0.246. The Hall–Kier alpha value is -3.85. The second kappa shape index (κ2) is 10.3. The maximum absolute atomic E-state index is 5.52. The van der Waals surface area contributed by atoms with Crippen molar-refractivity contribution in [3.05, 3.63) is 66.0 Å². The lowest BCUT2D eigenvalue weighted by molar-refractivity contribution is 0.174. The molecule has 0 aliphatic carbocycles. The van der Waals surface area contributed by atoms with Crippen LogP contribution in [0.25, 0.3) is 11.2 Å². The van der Waals surface area contributed by atoms with Gasteiger partial charge in [0.1, 0.15) is 0 Å². The molecule has 192 valence electrons. The Kier molecular flexibility index (Phi) is 6.53. The Labute approximate surface area is 216 Å². The Bertz CT molecular complexity index is 1360. The van der Waals surface area contributed by atoms with Gasteiger partial charge in [0.2, 0.25) is 12.7 Å². The molecular formula is C28H33N7O2. The van der Waals surface area contributed by atoms with Gasteiger partial charge in [-0.3, -0.25) is 4.90 Å². The van der Waals surface area contributed by atoms with Gasteiger partial charge in [-0.25, -0.2) is 4.98 Å². The first kappa shape index (κ1) is 23.5. The lowest BCUT2D eigenvalue weighted by atomic mass is 10.0. The molecule has 1 saturated heterocycles. The molecule has 2 N–H and O–H groups in total. The largest absolute Gasteiger partial charge is 0.454 e. The maximum Gasteiger partial charge on any atom is 0.231 e. The number of benzene rings is 2. The fraction of sp³-hybridized carbons (Fsp3) is 0.393. The van der Waals surface area contributed by atoms with Crippen LogP contribution in [0.5, 0.6) is 11.5 Å². The molecule has 4 aromatic rings. The summed E-state index contributed by atoms with van der Waals surface area (Å²) in [5.74, 6) is 2.92. The van der Waals surface area contributed by atoms with E-state index < -0.39 is 0 Å². The summed E-state index contributed by atoms with van der Waals surface area (Å²) >= 11 is 0. The number of imidazole rings is 1. The molecule has 1 fully saturated rings. The maximum atomic E-state index is 5.52. The molecule has 0 spiro atoms. The number of nitrogens with zero attached hydrogens (tertiary/aromatic N) is 5. The molecule has 2 aromatic heterocycles. The third-order valence-electron chi connectivity index (χ3n) is 7.04. The Morgan fingerprint density at radius 1 is 0.973 bits per heavy atom. The number of ether oxygens (including phenoxy) is 2. The number of anilines is 2. The summed E-state index contributed by atoms with van der Waals surface area (Å²) in [5.41, 5.74) is 4.09. The van der Waals surface area contributed by atoms with Crippen LogP contribution in [0.2, 0.25) is 0 Å². The van der Waals surface area contributed by atoms with Gasteiger partial charge < -0.3 is 24.7 Å². The Morgan fingerprint density at radius 2 is 1.78 bits per heavy atom. The standard InChI is InChI=1S/C28H33N7O2/c1-19(2)35-17-30-25-26(31-22-10-12-34(13-11-22)16-20-6-4-3-5-7-20)32-28(33-27(25)35)29-15-21-8-9-23-24(14-21)37-18-36-23/h3-9,14,17,19,22H,10-13,15-16,18H2,1-2H3,(H2,29,31,32,33). The van der Waals surface area contributed by atoms with E-state index in [1.54, 1.807) is 0 Å². The van der Waals surface area contributed by atoms with Crippen LogP contribution in [0.3, 0.4) is 0 Å². The fourth-order valence-electron chi connectivity index (χ4n) is 4.98. The molecule has 37 heavy (non-hydrogen) atoms. The Morgan fingerprint density at radius 3 is 2.59 bits per heavy atom. The first-order valence-electron chi connectivity index (χ1n) is 13.0. The van der Waals surface area contributed by atoms with E-state index in [0.717, 1.165) is 66.5 Å². The van der Waals surface area contributed by atoms with Crippen molar-refractivity contribution in [1.29, 1.82) is 0 Å². The van der Waals surface area contributed by atoms with E-state index in [-0.39, 0.29) is 12.8 Å². The fourth-order valence-corrected chi connectivity index (χ4v) is 4.98. The highest BCUT2D eigenvalue weighted by molar-refractivity contribution is 5.84. The summed E-state index contributed by atoms with van der Waals surface area (Å²) in [7, 11) is 0. The molecule has 2 aromatic carbocycles. The van der Waals surface area contributed by atoms with E-state index in [2.05, 4.69) is 69.3 Å². The summed E-state index contributed by atoms with van der Waals surface area (Å²) in [4.78, 5) is 16.9. The van der Waals surface area contributed by atoms with Crippen LogP contribution < -0.4 is 20.1 Å². The average molecular weight is 500 g/mol. The second-order valence-corrected chi connectivity index (χ2v) is 10.0. The van der Waals surface area contributed by atoms with Crippen molar-refractivity contribution < 1.29 is 9.47 Å². The third-order valence-corrected chi connectivity index (χ3v) is 7.04. The minimum Gasteiger partial charge on any atom is -0.454 e. The molecule has 9 nitrogen and oxygen atoms in total. The number of piperidine rings is 1. The first-order valence-corrected chi connectivity index (χ1v) is 13.0. The predicted molar refractivity (Wildman–Crippen MR) is 144 cm³/mol. The van der Waals surface area contributed by atoms with Gasteiger partial charge in [0.05, 0.1) is 6.33 Å². The van der Waals surface area contributed by atoms with Crippen molar-refractivity contribution >= 4 is 22.9 Å². The van der Waals surface area contributed by atoms with Crippen LogP contribution in [0, 0.1) is 0 Å². The van der Waals surface area contributed by atoms with Crippen molar-refractivity contribution in [2.45, 2.75) is 51.9 Å². The molecule has 0 saturated carbocycles. The molecule has 4 heterocycles. The summed E-state index contributed by atoms with van der Waals surface area (Å²) < 4.78 is 13.0. The van der Waals surface area contributed by atoms with E-state index >= 15 is 0 Å². The molecule has 2 aliphatic rings. The number of fused-ring (bicyclic) bond motifs is 2. The van der Waals surface area contributed by atoms with Gasteiger partial charge in [-0.15, -0.1) is 0 Å². The number of nitrogens with one attached hydrogen (secondary N) is 2. The van der Waals surface area contributed by atoms with Gasteiger partial charge in [0, 0.05) is 38.3 Å². The molecule has 9 heteroatoms. The van der Waals surface area contributed by atoms with E-state index in [0.29, 0.717) is 18.5 Å². The third kappa shape index (κ3) is 5.17. The molecule has 0 radical (unpaired) electrons. The first-order chi connectivity index (χ1) is 18.1. The number of hydrogen-bond donors (Lipinski definition) is 2. The zero-order valence-electron chi connectivity index (χ0n) is 21.4. The molecule has 0 amide bonds. The van der Waals surface area contributed by atoms with E-state index in [9.17, 15) is 0 Å². The summed E-state index contributed by atoms with van der Waals surface area (Å²) in [6.07, 6.45) is 3.98. The smallest absolute Gasteiger partial charge is 0.231 e. The highest BCUT2D eigenvalue weighted by Crippen LogP contribution is 2.33. The number of likely N-dealkylation sites (tertiary alicyclic amines) is 1. The summed E-state index contributed by atoms with van der Waals surface area (Å²) in [5, 5.41) is 7.11. The van der Waals surface area contributed by atoms with Crippen molar-refractivity contribution in [2.75, 3.05) is 30.5 Å². The Balaban J connectivity index is 1.17. The van der Waals surface area contributed by atoms with Crippen LogP contribution in [-0.2, 0) is 13.1 Å². The van der Waals surface area contributed by atoms with Crippen LogP contribution in [0.4, 0.5) is 11.8 Å². The van der Waals surface area contributed by atoms with Crippen LogP contribution >= 0.6 is 0 Å². The van der Waals surface area contributed by atoms with E-state index in [4.69, 9.17) is 19.4 Å². The number of aromatic nitrogens is 4. The highest BCUT2D eigenvalue weighted by Gasteiger charge is 2.22. The summed E-state index contributed by atoms with van der Waals surface area (Å²) in [6.45, 7) is 8.22. The van der Waals surface area contributed by atoms with Crippen molar-refractivity contribution in [3.8, 4) is 11.5 Å². The lowest BCUT2D eigenvalue weighted by Crippen LogP contribution is -2.38. The van der Waals surface area contributed by atoms with Crippen LogP contribution in [0.1, 0.15) is 43.9 Å². The summed E-state index contributed by atoms with van der Waals surface area (Å²) in [6, 6.07) is 17.2. The zero-order valence-corrected chi connectivity index (χ0v) is 21.4. The highest BCUT2D eigenvalue weighted by atomic mass is 16.7.